The van der Waals surface area contributed by atoms with Gasteiger partial charge in [0.1, 0.15) is 0 Å². The van der Waals surface area contributed by atoms with Crippen molar-refractivity contribution >= 4 is 23.2 Å². The molecule has 2 aliphatic rings. The summed E-state index contributed by atoms with van der Waals surface area (Å²) in [6.45, 7) is 4.22. The van der Waals surface area contributed by atoms with Crippen LogP contribution >= 0.6 is 11.3 Å². The molecule has 1 aromatic rings. The molecule has 6 heteroatoms. The van der Waals surface area contributed by atoms with Crippen molar-refractivity contribution in [3.63, 3.8) is 0 Å². The van der Waals surface area contributed by atoms with Crippen molar-refractivity contribution in [1.82, 2.24) is 10.2 Å². The summed E-state index contributed by atoms with van der Waals surface area (Å²) < 4.78 is 6.12. The number of carbonyl (C=O) groups excluding carboxylic acids is 2. The Morgan fingerprint density at radius 3 is 2.75 bits per heavy atom. The molecule has 0 radical (unpaired) electrons. The number of rotatable bonds is 3. The summed E-state index contributed by atoms with van der Waals surface area (Å²) in [6, 6.07) is 3.92. The molecule has 1 unspecified atom stereocenters. The molecule has 1 aromatic heterocycles. The van der Waals surface area contributed by atoms with Gasteiger partial charge >= 0.3 is 0 Å². The highest BCUT2D eigenvalue weighted by Crippen LogP contribution is 2.39. The molecule has 0 aliphatic carbocycles. The van der Waals surface area contributed by atoms with Crippen LogP contribution in [0.3, 0.4) is 0 Å². The molecular weight excluding hydrogens is 324 g/mol. The predicted octanol–water partition coefficient (Wildman–Crippen LogP) is 2.59. The van der Waals surface area contributed by atoms with Crippen LogP contribution in [-0.4, -0.2) is 49.1 Å². The summed E-state index contributed by atoms with van der Waals surface area (Å²) in [5.74, 6) is 0.638. The Morgan fingerprint density at radius 2 is 2.12 bits per heavy atom. The minimum atomic E-state index is -0.140. The van der Waals surface area contributed by atoms with Gasteiger partial charge in [0, 0.05) is 38.0 Å². The maximum atomic E-state index is 12.6. The zero-order chi connectivity index (χ0) is 17.2. The summed E-state index contributed by atoms with van der Waals surface area (Å²) in [5, 5.41) is 2.71. The van der Waals surface area contributed by atoms with Gasteiger partial charge in [0.2, 0.25) is 5.91 Å². The van der Waals surface area contributed by atoms with Crippen LogP contribution in [0.4, 0.5) is 0 Å². The first-order valence-electron chi connectivity index (χ1n) is 8.72. The normalized spacial score (nSPS) is 23.2. The quantitative estimate of drug-likeness (QED) is 0.911. The number of carbonyl (C=O) groups is 2. The molecule has 1 atom stereocenters. The van der Waals surface area contributed by atoms with Gasteiger partial charge in [-0.15, -0.1) is 11.3 Å². The van der Waals surface area contributed by atoms with Gasteiger partial charge in [-0.05, 0) is 50.7 Å². The lowest BCUT2D eigenvalue weighted by Gasteiger charge is -2.46. The molecule has 5 nitrogen and oxygen atoms in total. The Labute approximate surface area is 147 Å². The molecule has 0 bridgehead atoms. The number of ether oxygens (including phenoxy) is 1. The van der Waals surface area contributed by atoms with Crippen molar-refractivity contribution in [1.29, 1.82) is 0 Å². The van der Waals surface area contributed by atoms with Crippen LogP contribution in [0.15, 0.2) is 12.1 Å². The third-order valence-electron chi connectivity index (χ3n) is 5.26. The van der Waals surface area contributed by atoms with Gasteiger partial charge in [-0.25, -0.2) is 0 Å². The number of hydrogen-bond donors (Lipinski definition) is 1. The molecule has 2 saturated heterocycles. The summed E-state index contributed by atoms with van der Waals surface area (Å²) in [4.78, 5) is 28.2. The van der Waals surface area contributed by atoms with Gasteiger partial charge in [-0.1, -0.05) is 0 Å². The van der Waals surface area contributed by atoms with E-state index in [1.807, 2.05) is 24.0 Å². The highest BCUT2D eigenvalue weighted by Gasteiger charge is 2.41. The molecule has 2 fully saturated rings. The number of nitrogens with zero attached hydrogens (tertiary/aromatic N) is 1. The molecule has 2 amide bonds. The first-order chi connectivity index (χ1) is 11.5. The summed E-state index contributed by atoms with van der Waals surface area (Å²) >= 11 is 1.56. The fourth-order valence-electron chi connectivity index (χ4n) is 3.84. The summed E-state index contributed by atoms with van der Waals surface area (Å²) in [6.07, 6.45) is 4.20. The van der Waals surface area contributed by atoms with Crippen LogP contribution in [0.25, 0.3) is 0 Å². The van der Waals surface area contributed by atoms with Crippen LogP contribution in [0.1, 0.15) is 46.7 Å². The van der Waals surface area contributed by atoms with Crippen molar-refractivity contribution < 1.29 is 14.3 Å². The number of likely N-dealkylation sites (tertiary alicyclic amines) is 1. The molecule has 2 aliphatic heterocycles. The third kappa shape index (κ3) is 3.81. The molecule has 3 heterocycles. The highest BCUT2D eigenvalue weighted by atomic mass is 32.1. The Bertz CT molecular complexity index is 605. The van der Waals surface area contributed by atoms with E-state index in [1.54, 1.807) is 18.4 Å². The average Bonchev–Trinajstić information content (AvgIpc) is 3.01. The Kier molecular flexibility index (Phi) is 5.25. The van der Waals surface area contributed by atoms with E-state index in [1.165, 1.54) is 4.88 Å². The van der Waals surface area contributed by atoms with Gasteiger partial charge < -0.3 is 15.0 Å². The van der Waals surface area contributed by atoms with Gasteiger partial charge in [-0.2, -0.15) is 0 Å². The van der Waals surface area contributed by atoms with E-state index in [4.69, 9.17) is 4.74 Å². The lowest BCUT2D eigenvalue weighted by atomic mass is 9.78. The number of hydrogen-bond acceptors (Lipinski definition) is 4. The van der Waals surface area contributed by atoms with Gasteiger partial charge in [0.05, 0.1) is 10.5 Å². The van der Waals surface area contributed by atoms with E-state index in [-0.39, 0.29) is 17.4 Å². The van der Waals surface area contributed by atoms with Gasteiger partial charge in [0.25, 0.3) is 5.91 Å². The largest absolute Gasteiger partial charge is 0.375 e. The van der Waals surface area contributed by atoms with E-state index in [9.17, 15) is 9.59 Å². The van der Waals surface area contributed by atoms with Crippen molar-refractivity contribution in [3.05, 3.63) is 21.9 Å². The van der Waals surface area contributed by atoms with E-state index < -0.39 is 0 Å². The summed E-state index contributed by atoms with van der Waals surface area (Å²) in [7, 11) is 1.69. The molecule has 132 valence electrons. The fraction of sp³-hybridized carbons (Fsp3) is 0.667. The maximum Gasteiger partial charge on any atom is 0.263 e. The van der Waals surface area contributed by atoms with Crippen LogP contribution in [-0.2, 0) is 9.53 Å². The van der Waals surface area contributed by atoms with Crippen molar-refractivity contribution in [2.24, 2.45) is 5.92 Å². The lowest BCUT2D eigenvalue weighted by molar-refractivity contribution is -0.133. The van der Waals surface area contributed by atoms with E-state index in [0.29, 0.717) is 12.3 Å². The average molecular weight is 350 g/mol. The van der Waals surface area contributed by atoms with Crippen molar-refractivity contribution in [2.75, 3.05) is 26.7 Å². The van der Waals surface area contributed by atoms with Crippen molar-refractivity contribution in [2.45, 2.75) is 44.6 Å². The molecular formula is C18H26N2O3S. The number of nitrogens with one attached hydrogen (secondary N) is 1. The van der Waals surface area contributed by atoms with Crippen LogP contribution < -0.4 is 5.32 Å². The van der Waals surface area contributed by atoms with Crippen LogP contribution in [0, 0.1) is 12.8 Å². The second-order valence-corrected chi connectivity index (χ2v) is 8.26. The second-order valence-electron chi connectivity index (χ2n) is 6.97. The van der Waals surface area contributed by atoms with E-state index in [0.717, 1.165) is 50.3 Å². The minimum Gasteiger partial charge on any atom is -0.375 e. The lowest BCUT2D eigenvalue weighted by Crippen LogP contribution is -2.51. The number of piperidine rings is 1. The SMILES string of the molecule is CNC(=O)CC1CCOC2(CCN(C(=O)c3ccc(C)s3)CC2)C1. The number of thiophene rings is 1. The summed E-state index contributed by atoms with van der Waals surface area (Å²) in [5.41, 5.74) is -0.140. The smallest absolute Gasteiger partial charge is 0.263 e. The fourth-order valence-corrected chi connectivity index (χ4v) is 4.67. The molecule has 24 heavy (non-hydrogen) atoms. The molecule has 1 N–H and O–H groups in total. The van der Waals surface area contributed by atoms with Crippen LogP contribution in [0.5, 0.6) is 0 Å². The molecule has 0 saturated carbocycles. The Balaban J connectivity index is 1.57. The van der Waals surface area contributed by atoms with Crippen molar-refractivity contribution in [3.8, 4) is 0 Å². The first-order valence-corrected chi connectivity index (χ1v) is 9.53. The zero-order valence-corrected chi connectivity index (χ0v) is 15.3. The third-order valence-corrected chi connectivity index (χ3v) is 6.25. The Hall–Kier alpha value is -1.40. The monoisotopic (exact) mass is 350 g/mol. The highest BCUT2D eigenvalue weighted by molar-refractivity contribution is 7.13. The Morgan fingerprint density at radius 1 is 1.38 bits per heavy atom. The number of aryl methyl sites for hydroxylation is 1. The first kappa shape index (κ1) is 17.4. The van der Waals surface area contributed by atoms with Gasteiger partial charge in [0.15, 0.2) is 0 Å². The zero-order valence-electron chi connectivity index (χ0n) is 14.5. The molecule has 1 spiro atoms. The second kappa shape index (κ2) is 7.23. The molecule has 0 aromatic carbocycles. The standard InChI is InChI=1S/C18H26N2O3S/c1-13-3-4-15(24-13)17(22)20-8-6-18(7-9-20)12-14(5-10-23-18)11-16(21)19-2/h3-4,14H,5-12H2,1-2H3,(H,19,21). The van der Waals surface area contributed by atoms with E-state index in [2.05, 4.69) is 5.32 Å². The predicted molar refractivity (Wildman–Crippen MR) is 94.3 cm³/mol. The molecule has 3 rings (SSSR count). The minimum absolute atomic E-state index is 0.109. The van der Waals surface area contributed by atoms with Crippen LogP contribution in [0.2, 0.25) is 0 Å². The van der Waals surface area contributed by atoms with Gasteiger partial charge in [-0.3, -0.25) is 9.59 Å². The topological polar surface area (TPSA) is 58.6 Å². The number of amides is 2. The maximum absolute atomic E-state index is 12.6. The van der Waals surface area contributed by atoms with E-state index >= 15 is 0 Å².